The predicted molar refractivity (Wildman–Crippen MR) is 118 cm³/mol. The Morgan fingerprint density at radius 2 is 1.87 bits per heavy atom. The molecule has 0 amide bonds. The average molecular weight is 448 g/mol. The number of aromatic nitrogens is 2. The molecule has 3 aromatic rings. The van der Waals surface area contributed by atoms with Crippen LogP contribution in [-0.4, -0.2) is 40.2 Å². The maximum absolute atomic E-state index is 12.9. The number of aryl methyl sites for hydroxylation is 2. The van der Waals surface area contributed by atoms with E-state index in [0.717, 1.165) is 54.8 Å². The number of likely N-dealkylation sites (tertiary alicyclic amines) is 1. The van der Waals surface area contributed by atoms with Gasteiger partial charge in [0.25, 0.3) is 0 Å². The second-order valence-electron chi connectivity index (χ2n) is 8.75. The van der Waals surface area contributed by atoms with E-state index in [4.69, 9.17) is 4.74 Å². The van der Waals surface area contributed by atoms with Gasteiger partial charge in [-0.2, -0.15) is 0 Å². The Hall–Kier alpha value is -2.03. The van der Waals surface area contributed by atoms with Gasteiger partial charge in [-0.3, -0.25) is 14.0 Å². The largest absolute Gasteiger partial charge is 0.369 e. The van der Waals surface area contributed by atoms with E-state index in [1.807, 2.05) is 12.1 Å². The lowest BCUT2D eigenvalue weighted by molar-refractivity contribution is -0.0960. The van der Waals surface area contributed by atoms with Crippen molar-refractivity contribution in [1.29, 1.82) is 0 Å². The molecule has 0 N–H and O–H groups in total. The van der Waals surface area contributed by atoms with Crippen molar-refractivity contribution in [2.24, 2.45) is 14.1 Å². The van der Waals surface area contributed by atoms with Crippen molar-refractivity contribution in [3.8, 4) is 0 Å². The molecule has 0 unspecified atom stereocenters. The summed E-state index contributed by atoms with van der Waals surface area (Å²) in [6.45, 7) is 3.28. The summed E-state index contributed by atoms with van der Waals surface area (Å²) in [6, 6.07) is 8.19. The van der Waals surface area contributed by atoms with Crippen molar-refractivity contribution in [2.75, 3.05) is 19.7 Å². The van der Waals surface area contributed by atoms with E-state index in [1.54, 1.807) is 23.2 Å². The zero-order chi connectivity index (χ0) is 21.8. The van der Waals surface area contributed by atoms with Gasteiger partial charge in [0.1, 0.15) is 5.60 Å². The smallest absolute Gasteiger partial charge is 0.328 e. The lowest BCUT2D eigenvalue weighted by atomic mass is 9.85. The summed E-state index contributed by atoms with van der Waals surface area (Å²) in [5.41, 5.74) is 3.95. The molecule has 8 heteroatoms. The fourth-order valence-corrected chi connectivity index (χ4v) is 6.50. The normalized spacial score (nSPS) is 18.9. The molecule has 5 nitrogen and oxygen atoms in total. The molecule has 1 spiro atoms. The van der Waals surface area contributed by atoms with Crippen LogP contribution >= 0.6 is 11.3 Å². The molecule has 1 saturated heterocycles. The van der Waals surface area contributed by atoms with E-state index >= 15 is 0 Å². The second-order valence-corrected chi connectivity index (χ2v) is 9.89. The fourth-order valence-electron chi connectivity index (χ4n) is 5.08. The minimum absolute atomic E-state index is 0.0144. The third-order valence-corrected chi connectivity index (χ3v) is 8.17. The van der Waals surface area contributed by atoms with Gasteiger partial charge in [0, 0.05) is 49.9 Å². The van der Waals surface area contributed by atoms with Crippen LogP contribution in [0.15, 0.2) is 29.1 Å². The van der Waals surface area contributed by atoms with E-state index < -0.39 is 6.43 Å². The molecule has 4 heterocycles. The van der Waals surface area contributed by atoms with Crippen LogP contribution in [0.3, 0.4) is 0 Å². The zero-order valence-electron chi connectivity index (χ0n) is 17.9. The van der Waals surface area contributed by atoms with Crippen LogP contribution in [0.25, 0.3) is 11.0 Å². The molecule has 1 fully saturated rings. The van der Waals surface area contributed by atoms with Gasteiger partial charge in [-0.15, -0.1) is 11.3 Å². The van der Waals surface area contributed by atoms with Gasteiger partial charge in [-0.05, 0) is 48.6 Å². The number of alkyl halides is 2. The van der Waals surface area contributed by atoms with Gasteiger partial charge < -0.3 is 4.74 Å². The van der Waals surface area contributed by atoms with Gasteiger partial charge in [0.15, 0.2) is 0 Å². The number of imidazole rings is 1. The number of rotatable bonds is 4. The minimum Gasteiger partial charge on any atom is -0.369 e. The molecule has 166 valence electrons. The molecule has 2 aliphatic heterocycles. The average Bonchev–Trinajstić information content (AvgIpc) is 3.25. The quantitative estimate of drug-likeness (QED) is 0.611. The number of nitrogens with zero attached hydrogens (tertiary/aromatic N) is 3. The summed E-state index contributed by atoms with van der Waals surface area (Å²) < 4.78 is 35.4. The first-order valence-electron chi connectivity index (χ1n) is 10.8. The summed E-state index contributed by atoms with van der Waals surface area (Å²) in [4.78, 5) is 16.5. The van der Waals surface area contributed by atoms with Crippen LogP contribution < -0.4 is 5.69 Å². The number of thiophene rings is 1. The fraction of sp³-hybridized carbons (Fsp3) is 0.522. The number of ether oxygens (including phenoxy) is 1. The van der Waals surface area contributed by atoms with Crippen LogP contribution in [0.5, 0.6) is 0 Å². The maximum Gasteiger partial charge on any atom is 0.328 e. The Kier molecular flexibility index (Phi) is 5.27. The first-order valence-corrected chi connectivity index (χ1v) is 11.6. The molecule has 1 aromatic carbocycles. The van der Waals surface area contributed by atoms with Gasteiger partial charge in [0.2, 0.25) is 6.43 Å². The van der Waals surface area contributed by atoms with Gasteiger partial charge in [0.05, 0.1) is 17.6 Å². The number of hydrogen-bond donors (Lipinski definition) is 0. The molecule has 0 atom stereocenters. The number of halogens is 2. The van der Waals surface area contributed by atoms with E-state index in [9.17, 15) is 13.6 Å². The number of benzene rings is 1. The summed E-state index contributed by atoms with van der Waals surface area (Å²) in [5.74, 6) is 0. The highest BCUT2D eigenvalue weighted by atomic mass is 32.1. The summed E-state index contributed by atoms with van der Waals surface area (Å²) in [5, 5.41) is 0. The molecule has 2 aliphatic rings. The van der Waals surface area contributed by atoms with E-state index in [2.05, 4.69) is 17.0 Å². The van der Waals surface area contributed by atoms with E-state index in [0.29, 0.717) is 6.61 Å². The Morgan fingerprint density at radius 1 is 1.13 bits per heavy atom. The molecule has 0 aliphatic carbocycles. The van der Waals surface area contributed by atoms with Gasteiger partial charge in [-0.25, -0.2) is 13.6 Å². The third-order valence-electron chi connectivity index (χ3n) is 6.79. The Labute approximate surface area is 183 Å². The molecule has 2 aromatic heterocycles. The van der Waals surface area contributed by atoms with Gasteiger partial charge >= 0.3 is 5.69 Å². The molecular formula is C23H27F2N3O2S. The molecule has 0 saturated carbocycles. The number of fused-ring (bicyclic) bond motifs is 3. The van der Waals surface area contributed by atoms with Crippen LogP contribution in [0, 0.1) is 0 Å². The minimum atomic E-state index is -2.31. The second kappa shape index (κ2) is 7.83. The first kappa shape index (κ1) is 20.8. The lowest BCUT2D eigenvalue weighted by Gasteiger charge is -2.43. The van der Waals surface area contributed by atoms with Crippen LogP contribution in [-0.2, 0) is 43.8 Å². The standard InChI is InChI=1S/C23H27F2N3O2S/c1-26-18-4-3-15(11-19(18)27(2)22(26)29)14-28-8-6-23(7-9-28)21-16(5-10-30-23)12-17(31-21)13-20(24)25/h3-4,11-12,20H,5-10,13-14H2,1-2H3. The highest BCUT2D eigenvalue weighted by Crippen LogP contribution is 2.46. The topological polar surface area (TPSA) is 39.4 Å². The van der Waals surface area contributed by atoms with Crippen molar-refractivity contribution in [3.63, 3.8) is 0 Å². The van der Waals surface area contributed by atoms with Crippen molar-refractivity contribution in [3.05, 3.63) is 55.6 Å². The van der Waals surface area contributed by atoms with Crippen molar-refractivity contribution < 1.29 is 13.5 Å². The Balaban J connectivity index is 1.31. The zero-order valence-corrected chi connectivity index (χ0v) is 18.7. The monoisotopic (exact) mass is 447 g/mol. The molecule has 0 bridgehead atoms. The summed E-state index contributed by atoms with van der Waals surface area (Å²) in [7, 11) is 3.60. The van der Waals surface area contributed by atoms with Crippen molar-refractivity contribution in [2.45, 2.75) is 44.3 Å². The van der Waals surface area contributed by atoms with E-state index in [1.165, 1.54) is 27.3 Å². The first-order chi connectivity index (χ1) is 14.9. The predicted octanol–water partition coefficient (Wildman–Crippen LogP) is 3.81. The molecular weight excluding hydrogens is 420 g/mol. The Bertz CT molecular complexity index is 1170. The maximum atomic E-state index is 12.9. The van der Waals surface area contributed by atoms with Crippen molar-refractivity contribution >= 4 is 22.4 Å². The van der Waals surface area contributed by atoms with Crippen molar-refractivity contribution in [1.82, 2.24) is 14.0 Å². The highest BCUT2D eigenvalue weighted by molar-refractivity contribution is 7.12. The number of hydrogen-bond acceptors (Lipinski definition) is 4. The lowest BCUT2D eigenvalue weighted by Crippen LogP contribution is -2.45. The Morgan fingerprint density at radius 3 is 2.61 bits per heavy atom. The third kappa shape index (κ3) is 3.64. The van der Waals surface area contributed by atoms with Crippen LogP contribution in [0.2, 0.25) is 0 Å². The SMILES string of the molecule is Cn1c(=O)n(C)c2cc(CN3CCC4(CC3)OCCc3cc(CC(F)F)sc34)ccc21. The molecule has 31 heavy (non-hydrogen) atoms. The highest BCUT2D eigenvalue weighted by Gasteiger charge is 2.42. The molecule has 5 rings (SSSR count). The number of piperidine rings is 1. The summed E-state index contributed by atoms with van der Waals surface area (Å²) in [6.07, 6.45) is 0.0995. The molecule has 0 radical (unpaired) electrons. The van der Waals surface area contributed by atoms with Gasteiger partial charge in [-0.1, -0.05) is 6.07 Å². The van der Waals surface area contributed by atoms with Crippen LogP contribution in [0.4, 0.5) is 8.78 Å². The van der Waals surface area contributed by atoms with Crippen LogP contribution in [0.1, 0.15) is 33.7 Å². The van der Waals surface area contributed by atoms with E-state index in [-0.39, 0.29) is 17.7 Å². The summed E-state index contributed by atoms with van der Waals surface area (Å²) >= 11 is 1.52.